The zero-order chi connectivity index (χ0) is 18.4. The summed E-state index contributed by atoms with van der Waals surface area (Å²) in [6, 6.07) is 11.2. The molecule has 0 saturated heterocycles. The molecule has 0 radical (unpaired) electrons. The summed E-state index contributed by atoms with van der Waals surface area (Å²) in [4.78, 5) is 0. The van der Waals surface area contributed by atoms with Crippen LogP contribution in [-0.2, 0) is 23.2 Å². The van der Waals surface area contributed by atoms with Crippen molar-refractivity contribution in [2.45, 2.75) is 63.4 Å². The molecule has 0 nitrogen and oxygen atoms in total. The smallest absolute Gasteiger partial charge is 1.00 e. The van der Waals surface area contributed by atoms with Crippen molar-refractivity contribution < 1.29 is 71.2 Å². The predicted octanol–water partition coefficient (Wildman–Crippen LogP) is 1.35. The Hall–Kier alpha value is 0.523. The first-order valence-corrected chi connectivity index (χ1v) is 12.7. The fourth-order valence-corrected chi connectivity index (χ4v) is 9.97. The van der Waals surface area contributed by atoms with E-state index in [4.69, 9.17) is 0 Å². The summed E-state index contributed by atoms with van der Waals surface area (Å²) in [5, 5.41) is 0. The molecular formula is C25H30I2Zr. The van der Waals surface area contributed by atoms with Gasteiger partial charge < -0.3 is 48.0 Å². The molecule has 3 heteroatoms. The summed E-state index contributed by atoms with van der Waals surface area (Å²) >= 11 is -0.640. The summed E-state index contributed by atoms with van der Waals surface area (Å²) in [5.74, 6) is 1.34. The molecule has 0 N–H and O–H groups in total. The van der Waals surface area contributed by atoms with Gasteiger partial charge in [-0.25, -0.2) is 0 Å². The fraction of sp³-hybridized carbons (Fsp3) is 0.440. The molecule has 3 aliphatic carbocycles. The van der Waals surface area contributed by atoms with Gasteiger partial charge in [-0.05, 0) is 0 Å². The molecule has 1 aromatic carbocycles. The van der Waals surface area contributed by atoms with Crippen LogP contribution in [0.1, 0.15) is 65.4 Å². The van der Waals surface area contributed by atoms with Crippen LogP contribution in [0.2, 0.25) is 3.63 Å². The van der Waals surface area contributed by atoms with Crippen LogP contribution < -0.4 is 48.0 Å². The quantitative estimate of drug-likeness (QED) is 0.425. The van der Waals surface area contributed by atoms with Crippen molar-refractivity contribution in [3.8, 4) is 0 Å². The van der Waals surface area contributed by atoms with E-state index in [-0.39, 0.29) is 48.0 Å². The minimum Gasteiger partial charge on any atom is -1.00 e. The topological polar surface area (TPSA) is 0 Å². The summed E-state index contributed by atoms with van der Waals surface area (Å²) in [5.41, 5.74) is 11.5. The second-order valence-electron chi connectivity index (χ2n) is 8.37. The van der Waals surface area contributed by atoms with E-state index in [1.165, 1.54) is 24.8 Å². The molecule has 3 unspecified atom stereocenters. The zero-order valence-corrected chi connectivity index (χ0v) is 24.3. The Balaban J connectivity index is 0.00000140. The molecule has 1 aromatic rings. The van der Waals surface area contributed by atoms with Crippen molar-refractivity contribution in [2.75, 3.05) is 0 Å². The van der Waals surface area contributed by atoms with E-state index in [0.717, 1.165) is 3.63 Å². The van der Waals surface area contributed by atoms with E-state index < -0.39 is 23.2 Å². The predicted molar refractivity (Wildman–Crippen MR) is 108 cm³/mol. The van der Waals surface area contributed by atoms with Crippen LogP contribution in [0, 0.1) is 5.92 Å². The van der Waals surface area contributed by atoms with Gasteiger partial charge in [-0.2, -0.15) is 0 Å². The number of hydrogen-bond donors (Lipinski definition) is 0. The van der Waals surface area contributed by atoms with Gasteiger partial charge >= 0.3 is 171 Å². The third-order valence-corrected chi connectivity index (χ3v) is 12.5. The average Bonchev–Trinajstić information content (AvgIpc) is 3.07. The van der Waals surface area contributed by atoms with Crippen LogP contribution in [0.15, 0.2) is 73.1 Å². The van der Waals surface area contributed by atoms with Crippen molar-refractivity contribution in [1.29, 1.82) is 0 Å². The van der Waals surface area contributed by atoms with Gasteiger partial charge in [-0.1, -0.05) is 0 Å². The molecule has 0 spiro atoms. The normalized spacial score (nSPS) is 26.5. The van der Waals surface area contributed by atoms with Crippen LogP contribution in [0.5, 0.6) is 0 Å². The molecule has 0 aliphatic heterocycles. The monoisotopic (exact) mass is 674 g/mol. The Labute approximate surface area is 217 Å². The Kier molecular flexibility index (Phi) is 9.05. The summed E-state index contributed by atoms with van der Waals surface area (Å²) in [7, 11) is 0. The van der Waals surface area contributed by atoms with Crippen LogP contribution in [0.25, 0.3) is 0 Å². The number of allylic oxidation sites excluding steroid dienone is 8. The van der Waals surface area contributed by atoms with Crippen molar-refractivity contribution in [1.82, 2.24) is 0 Å². The first kappa shape index (κ1) is 24.8. The number of benzene rings is 1. The molecule has 0 amide bonds. The van der Waals surface area contributed by atoms with Gasteiger partial charge in [-0.15, -0.1) is 0 Å². The molecule has 4 rings (SSSR count). The SMILES string of the molecule is CC1=CC2=C(CCCC2c2ccccc2)[CH]1[Zr+2][C]1=C(C)C(C)=C(C)C1C.[I-].[I-]. The fourth-order valence-electron chi connectivity index (χ4n) is 5.11. The van der Waals surface area contributed by atoms with Gasteiger partial charge in [0.25, 0.3) is 0 Å². The van der Waals surface area contributed by atoms with Crippen molar-refractivity contribution in [3.05, 3.63) is 78.7 Å². The van der Waals surface area contributed by atoms with E-state index in [2.05, 4.69) is 71.0 Å². The largest absolute Gasteiger partial charge is 1.00 e. The second kappa shape index (κ2) is 10.2. The third kappa shape index (κ3) is 4.42. The van der Waals surface area contributed by atoms with Crippen LogP contribution in [-0.4, -0.2) is 0 Å². The van der Waals surface area contributed by atoms with Gasteiger partial charge in [0, 0.05) is 0 Å². The second-order valence-corrected chi connectivity index (χ2v) is 11.8. The zero-order valence-electron chi connectivity index (χ0n) is 17.6. The molecule has 3 atom stereocenters. The van der Waals surface area contributed by atoms with Crippen LogP contribution in [0.4, 0.5) is 0 Å². The molecule has 3 aliphatic rings. The Bertz CT molecular complexity index is 858. The van der Waals surface area contributed by atoms with E-state index >= 15 is 0 Å². The molecule has 28 heavy (non-hydrogen) atoms. The molecule has 148 valence electrons. The summed E-state index contributed by atoms with van der Waals surface area (Å²) in [6.07, 6.45) is 6.60. The Morgan fingerprint density at radius 1 is 0.929 bits per heavy atom. The maximum Gasteiger partial charge on any atom is -1.00 e. The number of halogens is 2. The first-order chi connectivity index (χ1) is 12.5. The van der Waals surface area contributed by atoms with E-state index in [1.54, 1.807) is 27.9 Å². The molecule has 0 aromatic heterocycles. The standard InChI is InChI=1S/C16H17.C9H13.2HI.Zr/c1-12-10-14-8-5-9-15(16(14)11-12)13-6-3-2-4-7-13;1-6-5-7(2)9(4)8(6)3;;;/h2-4,6-7,10-11,15H,5,8-9H2,1H3;6H,1-4H3;2*1H;/q;;;;+2/p-2. The Morgan fingerprint density at radius 3 is 2.21 bits per heavy atom. The van der Waals surface area contributed by atoms with Crippen molar-refractivity contribution >= 4 is 0 Å². The van der Waals surface area contributed by atoms with E-state index in [1.807, 2.05) is 8.85 Å². The minimum atomic E-state index is -0.640. The molecule has 0 heterocycles. The summed E-state index contributed by atoms with van der Waals surface area (Å²) in [6.45, 7) is 11.9. The maximum absolute atomic E-state index is 2.58. The van der Waals surface area contributed by atoms with Crippen LogP contribution >= 0.6 is 0 Å². The van der Waals surface area contributed by atoms with E-state index in [0.29, 0.717) is 11.8 Å². The van der Waals surface area contributed by atoms with E-state index in [9.17, 15) is 0 Å². The van der Waals surface area contributed by atoms with Gasteiger partial charge in [0.2, 0.25) is 0 Å². The third-order valence-electron chi connectivity index (χ3n) is 7.01. The maximum atomic E-state index is 2.58. The van der Waals surface area contributed by atoms with Gasteiger partial charge in [0.15, 0.2) is 0 Å². The summed E-state index contributed by atoms with van der Waals surface area (Å²) < 4.78 is 2.67. The van der Waals surface area contributed by atoms with Crippen molar-refractivity contribution in [3.63, 3.8) is 0 Å². The van der Waals surface area contributed by atoms with Crippen LogP contribution in [0.3, 0.4) is 0 Å². The van der Waals surface area contributed by atoms with Gasteiger partial charge in [-0.3, -0.25) is 0 Å². The van der Waals surface area contributed by atoms with Crippen molar-refractivity contribution in [2.24, 2.45) is 5.92 Å². The Morgan fingerprint density at radius 2 is 1.61 bits per heavy atom. The molecule has 0 saturated carbocycles. The molecule has 0 fully saturated rings. The minimum absolute atomic E-state index is 0. The average molecular weight is 676 g/mol. The molecule has 0 bridgehead atoms. The molecular weight excluding hydrogens is 645 g/mol. The van der Waals surface area contributed by atoms with Gasteiger partial charge in [0.1, 0.15) is 0 Å². The number of hydrogen-bond acceptors (Lipinski definition) is 0. The van der Waals surface area contributed by atoms with Gasteiger partial charge in [0.05, 0.1) is 0 Å². The number of rotatable bonds is 3. The first-order valence-electron chi connectivity index (χ1n) is 10.1.